The summed E-state index contributed by atoms with van der Waals surface area (Å²) in [5.41, 5.74) is 6.55. The molecule has 1 atom stereocenters. The molecule has 0 amide bonds. The number of hydrogen-bond acceptors (Lipinski definition) is 4. The molecular formula is C10H13BrN2O2S. The van der Waals surface area contributed by atoms with Crippen LogP contribution in [0, 0.1) is 10.1 Å². The second-order valence-corrected chi connectivity index (χ2v) is 5.58. The van der Waals surface area contributed by atoms with Crippen LogP contribution in [0.2, 0.25) is 0 Å². The van der Waals surface area contributed by atoms with E-state index in [9.17, 15) is 10.1 Å². The average Bonchev–Trinajstić information content (AvgIpc) is 2.26. The zero-order valence-electron chi connectivity index (χ0n) is 8.85. The molecule has 0 saturated carbocycles. The highest BCUT2D eigenvalue weighted by atomic mass is 79.9. The molecule has 4 nitrogen and oxygen atoms in total. The zero-order valence-corrected chi connectivity index (χ0v) is 11.3. The Bertz CT molecular complexity index is 387. The van der Waals surface area contributed by atoms with Gasteiger partial charge in [-0.15, -0.1) is 0 Å². The fourth-order valence-electron chi connectivity index (χ4n) is 1.12. The van der Waals surface area contributed by atoms with Crippen LogP contribution >= 0.6 is 27.7 Å². The van der Waals surface area contributed by atoms with Crippen molar-refractivity contribution < 1.29 is 4.92 Å². The number of nitro benzene ring substituents is 1. The number of nitrogens with zero attached hydrogens (tertiary/aromatic N) is 1. The molecule has 1 unspecified atom stereocenters. The van der Waals surface area contributed by atoms with Gasteiger partial charge in [-0.3, -0.25) is 10.1 Å². The number of halogens is 1. The van der Waals surface area contributed by atoms with Crippen molar-refractivity contribution in [3.63, 3.8) is 0 Å². The fraction of sp³-hybridized carbons (Fsp3) is 0.400. The number of thioether (sulfide) groups is 1. The van der Waals surface area contributed by atoms with E-state index in [0.717, 1.165) is 11.3 Å². The second kappa shape index (κ2) is 6.22. The lowest BCUT2D eigenvalue weighted by Gasteiger charge is -2.09. The van der Waals surface area contributed by atoms with Crippen LogP contribution in [0.15, 0.2) is 22.7 Å². The SMILES string of the molecule is CC(CN)SCc1cccc([N+](=O)[O-])c1Br. The second-order valence-electron chi connectivity index (χ2n) is 3.36. The third-order valence-corrected chi connectivity index (χ3v) is 4.26. The molecule has 0 radical (unpaired) electrons. The van der Waals surface area contributed by atoms with Crippen LogP contribution in [0.4, 0.5) is 5.69 Å². The Hall–Kier alpha value is -0.590. The summed E-state index contributed by atoms with van der Waals surface area (Å²) in [6.45, 7) is 2.65. The number of nitro groups is 1. The maximum Gasteiger partial charge on any atom is 0.283 e. The van der Waals surface area contributed by atoms with Crippen LogP contribution in [0.25, 0.3) is 0 Å². The Morgan fingerprint density at radius 2 is 2.31 bits per heavy atom. The monoisotopic (exact) mass is 304 g/mol. The first-order valence-electron chi connectivity index (χ1n) is 4.79. The minimum atomic E-state index is -0.384. The van der Waals surface area contributed by atoms with Crippen LogP contribution < -0.4 is 5.73 Å². The fourth-order valence-corrected chi connectivity index (χ4v) is 2.69. The number of rotatable bonds is 5. The van der Waals surface area contributed by atoms with Gasteiger partial charge >= 0.3 is 0 Å². The smallest absolute Gasteiger partial charge is 0.283 e. The Morgan fingerprint density at radius 3 is 2.88 bits per heavy atom. The molecule has 1 rings (SSSR count). The van der Waals surface area contributed by atoms with Crippen LogP contribution in [0.3, 0.4) is 0 Å². The minimum Gasteiger partial charge on any atom is -0.329 e. The molecule has 6 heteroatoms. The predicted molar refractivity (Wildman–Crippen MR) is 70.6 cm³/mol. The van der Waals surface area contributed by atoms with Gasteiger partial charge in [-0.25, -0.2) is 0 Å². The van der Waals surface area contributed by atoms with E-state index in [4.69, 9.17) is 5.73 Å². The maximum absolute atomic E-state index is 10.7. The molecule has 0 aliphatic carbocycles. The van der Waals surface area contributed by atoms with Gasteiger partial charge in [-0.05, 0) is 21.5 Å². The first-order valence-corrected chi connectivity index (χ1v) is 6.64. The van der Waals surface area contributed by atoms with Gasteiger partial charge in [0.15, 0.2) is 0 Å². The highest BCUT2D eigenvalue weighted by Crippen LogP contribution is 2.31. The summed E-state index contributed by atoms with van der Waals surface area (Å²) in [5.74, 6) is 0.723. The summed E-state index contributed by atoms with van der Waals surface area (Å²) in [7, 11) is 0. The van der Waals surface area contributed by atoms with Gasteiger partial charge in [-0.2, -0.15) is 11.8 Å². The average molecular weight is 305 g/mol. The molecule has 0 aromatic heterocycles. The molecule has 16 heavy (non-hydrogen) atoms. The lowest BCUT2D eigenvalue weighted by Crippen LogP contribution is -2.12. The quantitative estimate of drug-likeness (QED) is 0.671. The van der Waals surface area contributed by atoms with E-state index in [0.29, 0.717) is 16.3 Å². The first-order chi connectivity index (χ1) is 7.56. The van der Waals surface area contributed by atoms with Gasteiger partial charge in [0, 0.05) is 23.6 Å². The minimum absolute atomic E-state index is 0.110. The third-order valence-electron chi connectivity index (χ3n) is 2.11. The summed E-state index contributed by atoms with van der Waals surface area (Å²) in [6.07, 6.45) is 0. The Labute approximate surface area is 107 Å². The van der Waals surface area contributed by atoms with Gasteiger partial charge in [0.2, 0.25) is 0 Å². The van der Waals surface area contributed by atoms with E-state index in [1.54, 1.807) is 17.8 Å². The summed E-state index contributed by atoms with van der Waals surface area (Å²) >= 11 is 4.95. The zero-order chi connectivity index (χ0) is 12.1. The predicted octanol–water partition coefficient (Wildman–Crippen LogP) is 2.94. The van der Waals surface area contributed by atoms with Crippen molar-refractivity contribution in [3.8, 4) is 0 Å². The standard InChI is InChI=1S/C10H13BrN2O2S/c1-7(5-12)16-6-8-3-2-4-9(10(8)11)13(14)15/h2-4,7H,5-6,12H2,1H3. The third kappa shape index (κ3) is 3.47. The molecule has 88 valence electrons. The van der Waals surface area contributed by atoms with Crippen LogP contribution in [-0.2, 0) is 5.75 Å². The topological polar surface area (TPSA) is 69.2 Å². The van der Waals surface area contributed by atoms with Gasteiger partial charge < -0.3 is 5.73 Å². The van der Waals surface area contributed by atoms with E-state index in [1.807, 2.05) is 13.0 Å². The molecule has 0 spiro atoms. The van der Waals surface area contributed by atoms with Crippen molar-refractivity contribution in [1.29, 1.82) is 0 Å². The molecule has 0 aliphatic rings. The Balaban J connectivity index is 2.81. The summed E-state index contributed by atoms with van der Waals surface area (Å²) in [6, 6.07) is 5.07. The maximum atomic E-state index is 10.7. The highest BCUT2D eigenvalue weighted by Gasteiger charge is 2.15. The molecule has 0 heterocycles. The molecule has 0 aliphatic heterocycles. The van der Waals surface area contributed by atoms with Crippen LogP contribution in [0.5, 0.6) is 0 Å². The molecule has 0 bridgehead atoms. The summed E-state index contributed by atoms with van der Waals surface area (Å²) < 4.78 is 0.566. The Morgan fingerprint density at radius 1 is 1.62 bits per heavy atom. The summed E-state index contributed by atoms with van der Waals surface area (Å²) in [5, 5.41) is 11.1. The normalized spacial score (nSPS) is 12.4. The van der Waals surface area contributed by atoms with Gasteiger partial charge in [-0.1, -0.05) is 19.1 Å². The van der Waals surface area contributed by atoms with Crippen LogP contribution in [-0.4, -0.2) is 16.7 Å². The number of hydrogen-bond donors (Lipinski definition) is 1. The van der Waals surface area contributed by atoms with Gasteiger partial charge in [0.05, 0.1) is 9.40 Å². The van der Waals surface area contributed by atoms with E-state index in [-0.39, 0.29) is 10.6 Å². The molecule has 0 saturated heterocycles. The van der Waals surface area contributed by atoms with E-state index in [1.165, 1.54) is 6.07 Å². The van der Waals surface area contributed by atoms with E-state index >= 15 is 0 Å². The lowest BCUT2D eigenvalue weighted by molar-refractivity contribution is -0.385. The van der Waals surface area contributed by atoms with Crippen molar-refractivity contribution >= 4 is 33.4 Å². The first kappa shape index (κ1) is 13.5. The Kier molecular flexibility index (Phi) is 5.24. The molecular weight excluding hydrogens is 292 g/mol. The van der Waals surface area contributed by atoms with Gasteiger partial charge in [0.1, 0.15) is 0 Å². The lowest BCUT2D eigenvalue weighted by atomic mass is 10.2. The van der Waals surface area contributed by atoms with Crippen molar-refractivity contribution in [2.75, 3.05) is 6.54 Å². The van der Waals surface area contributed by atoms with Crippen molar-refractivity contribution in [3.05, 3.63) is 38.3 Å². The van der Waals surface area contributed by atoms with Crippen molar-refractivity contribution in [1.82, 2.24) is 0 Å². The van der Waals surface area contributed by atoms with Crippen molar-refractivity contribution in [2.45, 2.75) is 17.9 Å². The largest absolute Gasteiger partial charge is 0.329 e. The molecule has 1 aromatic rings. The van der Waals surface area contributed by atoms with Gasteiger partial charge in [0.25, 0.3) is 5.69 Å². The van der Waals surface area contributed by atoms with Crippen molar-refractivity contribution in [2.24, 2.45) is 5.73 Å². The number of nitrogens with two attached hydrogens (primary N) is 1. The van der Waals surface area contributed by atoms with E-state index in [2.05, 4.69) is 15.9 Å². The summed E-state index contributed by atoms with van der Waals surface area (Å²) in [4.78, 5) is 10.3. The molecule has 0 fully saturated rings. The highest BCUT2D eigenvalue weighted by molar-refractivity contribution is 9.10. The van der Waals surface area contributed by atoms with Crippen LogP contribution in [0.1, 0.15) is 12.5 Å². The number of benzene rings is 1. The molecule has 1 aromatic carbocycles. The molecule has 2 N–H and O–H groups in total. The van der Waals surface area contributed by atoms with E-state index < -0.39 is 0 Å².